The predicted octanol–water partition coefficient (Wildman–Crippen LogP) is 1.91. The Labute approximate surface area is 142 Å². The number of hydrogen-bond donors (Lipinski definition) is 0. The lowest BCUT2D eigenvalue weighted by molar-refractivity contribution is -0.132. The monoisotopic (exact) mass is 330 g/mol. The Kier molecular flexibility index (Phi) is 4.97. The van der Waals surface area contributed by atoms with Gasteiger partial charge in [-0.3, -0.25) is 9.48 Å². The number of rotatable bonds is 5. The van der Waals surface area contributed by atoms with Crippen molar-refractivity contribution in [2.75, 3.05) is 13.1 Å². The number of aryl methyl sites for hydroxylation is 4. The van der Waals surface area contributed by atoms with Crippen LogP contribution in [0.5, 0.6) is 0 Å². The maximum absolute atomic E-state index is 12.5. The minimum Gasteiger partial charge on any atom is -0.343 e. The van der Waals surface area contributed by atoms with Crippen LogP contribution in [-0.2, 0) is 17.9 Å². The molecular weight excluding hydrogens is 304 g/mol. The van der Waals surface area contributed by atoms with Gasteiger partial charge in [0.2, 0.25) is 5.91 Å². The third kappa shape index (κ3) is 3.49. The van der Waals surface area contributed by atoms with Gasteiger partial charge in [0.25, 0.3) is 0 Å². The molecule has 0 bridgehead atoms. The molecular formula is C17H26N6O. The van der Waals surface area contributed by atoms with Crippen molar-refractivity contribution >= 4 is 5.91 Å². The Hall–Kier alpha value is -2.18. The number of piperidine rings is 1. The number of carbonyl (C=O) groups is 1. The summed E-state index contributed by atoms with van der Waals surface area (Å²) >= 11 is 0. The fourth-order valence-electron chi connectivity index (χ4n) is 3.47. The number of hydrogen-bond acceptors (Lipinski definition) is 4. The van der Waals surface area contributed by atoms with Gasteiger partial charge >= 0.3 is 0 Å². The molecule has 1 aliphatic heterocycles. The molecule has 7 nitrogen and oxygen atoms in total. The summed E-state index contributed by atoms with van der Waals surface area (Å²) in [7, 11) is 0. The van der Waals surface area contributed by atoms with E-state index in [4.69, 9.17) is 0 Å². The molecule has 0 aliphatic carbocycles. The van der Waals surface area contributed by atoms with Crippen LogP contribution < -0.4 is 0 Å². The van der Waals surface area contributed by atoms with E-state index in [9.17, 15) is 4.79 Å². The molecule has 7 heteroatoms. The highest BCUT2D eigenvalue weighted by Gasteiger charge is 2.26. The lowest BCUT2D eigenvalue weighted by Crippen LogP contribution is -2.38. The number of nitrogens with zero attached hydrogens (tertiary/aromatic N) is 6. The van der Waals surface area contributed by atoms with Gasteiger partial charge in [0, 0.05) is 44.2 Å². The molecule has 1 amide bonds. The summed E-state index contributed by atoms with van der Waals surface area (Å²) in [6.07, 6.45) is 4.23. The van der Waals surface area contributed by atoms with Gasteiger partial charge in [0.1, 0.15) is 12.2 Å². The zero-order chi connectivity index (χ0) is 17.1. The molecule has 2 aromatic heterocycles. The van der Waals surface area contributed by atoms with Crippen molar-refractivity contribution in [2.45, 2.75) is 59.0 Å². The highest BCUT2D eigenvalue weighted by atomic mass is 16.2. The first-order valence-electron chi connectivity index (χ1n) is 8.75. The minimum atomic E-state index is 0.220. The van der Waals surface area contributed by atoms with E-state index in [1.807, 2.05) is 29.5 Å². The smallest absolute Gasteiger partial charge is 0.224 e. The predicted molar refractivity (Wildman–Crippen MR) is 90.6 cm³/mol. The first-order valence-corrected chi connectivity index (χ1v) is 8.75. The highest BCUT2D eigenvalue weighted by Crippen LogP contribution is 2.26. The van der Waals surface area contributed by atoms with Crippen LogP contribution in [0.4, 0.5) is 0 Å². The minimum absolute atomic E-state index is 0.220. The third-order valence-electron chi connectivity index (χ3n) is 4.84. The Balaban J connectivity index is 1.51. The van der Waals surface area contributed by atoms with E-state index in [0.29, 0.717) is 18.9 Å². The largest absolute Gasteiger partial charge is 0.343 e. The number of likely N-dealkylation sites (tertiary alicyclic amines) is 1. The number of aromatic nitrogens is 5. The topological polar surface area (TPSA) is 68.8 Å². The van der Waals surface area contributed by atoms with E-state index in [1.54, 1.807) is 6.33 Å². The van der Waals surface area contributed by atoms with Crippen molar-refractivity contribution in [3.63, 3.8) is 0 Å². The van der Waals surface area contributed by atoms with E-state index in [0.717, 1.165) is 49.7 Å². The molecule has 130 valence electrons. The van der Waals surface area contributed by atoms with Gasteiger partial charge < -0.3 is 9.47 Å². The second kappa shape index (κ2) is 7.15. The molecule has 0 saturated carbocycles. The molecule has 0 unspecified atom stereocenters. The molecule has 1 fully saturated rings. The fraction of sp³-hybridized carbons (Fsp3) is 0.647. The summed E-state index contributed by atoms with van der Waals surface area (Å²) in [6, 6.07) is 2.04. The average Bonchev–Trinajstić information content (AvgIpc) is 3.18. The average molecular weight is 330 g/mol. The maximum atomic E-state index is 12.5. The van der Waals surface area contributed by atoms with Crippen LogP contribution in [0.15, 0.2) is 12.4 Å². The number of amides is 1. The van der Waals surface area contributed by atoms with Crippen LogP contribution in [0.1, 0.15) is 49.3 Å². The maximum Gasteiger partial charge on any atom is 0.224 e. The molecule has 0 radical (unpaired) electrons. The Bertz CT molecular complexity index is 696. The Morgan fingerprint density at radius 3 is 2.67 bits per heavy atom. The van der Waals surface area contributed by atoms with E-state index in [1.165, 1.54) is 0 Å². The molecule has 1 aliphatic rings. The highest BCUT2D eigenvalue weighted by molar-refractivity contribution is 5.76. The second-order valence-corrected chi connectivity index (χ2v) is 6.53. The van der Waals surface area contributed by atoms with Crippen LogP contribution >= 0.6 is 0 Å². The zero-order valence-corrected chi connectivity index (χ0v) is 14.8. The summed E-state index contributed by atoms with van der Waals surface area (Å²) in [5, 5.41) is 12.7. The standard InChI is InChI=1S/C17H26N6O/c1-4-21-12-18-19-17(21)15-5-8-22(9-6-15)16(24)7-10-23-14(3)11-13(2)20-23/h11-12,15H,4-10H2,1-3H3. The summed E-state index contributed by atoms with van der Waals surface area (Å²) in [4.78, 5) is 14.4. The molecule has 0 aromatic carbocycles. The van der Waals surface area contributed by atoms with Crippen molar-refractivity contribution in [1.29, 1.82) is 0 Å². The van der Waals surface area contributed by atoms with E-state index in [-0.39, 0.29) is 5.91 Å². The number of carbonyl (C=O) groups excluding carboxylic acids is 1. The molecule has 3 rings (SSSR count). The van der Waals surface area contributed by atoms with Gasteiger partial charge in [-0.25, -0.2) is 0 Å². The molecule has 24 heavy (non-hydrogen) atoms. The van der Waals surface area contributed by atoms with E-state index >= 15 is 0 Å². The lowest BCUT2D eigenvalue weighted by Gasteiger charge is -2.31. The van der Waals surface area contributed by atoms with Crippen molar-refractivity contribution in [1.82, 2.24) is 29.4 Å². The van der Waals surface area contributed by atoms with Gasteiger partial charge in [-0.15, -0.1) is 10.2 Å². The van der Waals surface area contributed by atoms with Gasteiger partial charge in [-0.2, -0.15) is 5.10 Å². The summed E-state index contributed by atoms with van der Waals surface area (Å²) in [6.45, 7) is 9.26. The summed E-state index contributed by atoms with van der Waals surface area (Å²) in [5.74, 6) is 1.69. The molecule has 0 N–H and O–H groups in total. The normalized spacial score (nSPS) is 15.9. The molecule has 3 heterocycles. The van der Waals surface area contributed by atoms with Crippen LogP contribution in [0.3, 0.4) is 0 Å². The third-order valence-corrected chi connectivity index (χ3v) is 4.84. The second-order valence-electron chi connectivity index (χ2n) is 6.53. The SMILES string of the molecule is CCn1cnnc1C1CCN(C(=O)CCn2nc(C)cc2C)CC1. The van der Waals surface area contributed by atoms with Gasteiger partial charge in [0.05, 0.1) is 5.69 Å². The van der Waals surface area contributed by atoms with Crippen LogP contribution in [-0.4, -0.2) is 48.4 Å². The van der Waals surface area contributed by atoms with E-state index in [2.05, 4.69) is 26.8 Å². The molecule has 1 saturated heterocycles. The Morgan fingerprint density at radius 2 is 2.04 bits per heavy atom. The van der Waals surface area contributed by atoms with Crippen LogP contribution in [0, 0.1) is 13.8 Å². The molecule has 2 aromatic rings. The van der Waals surface area contributed by atoms with Crippen molar-refractivity contribution in [3.8, 4) is 0 Å². The zero-order valence-electron chi connectivity index (χ0n) is 14.8. The van der Waals surface area contributed by atoms with Crippen molar-refractivity contribution in [2.24, 2.45) is 0 Å². The summed E-state index contributed by atoms with van der Waals surface area (Å²) in [5.41, 5.74) is 2.11. The molecule has 0 atom stereocenters. The molecule has 0 spiro atoms. The summed E-state index contributed by atoms with van der Waals surface area (Å²) < 4.78 is 4.02. The van der Waals surface area contributed by atoms with Crippen molar-refractivity contribution in [3.05, 3.63) is 29.6 Å². The van der Waals surface area contributed by atoms with Crippen LogP contribution in [0.25, 0.3) is 0 Å². The van der Waals surface area contributed by atoms with Crippen molar-refractivity contribution < 1.29 is 4.79 Å². The van der Waals surface area contributed by atoms with Crippen LogP contribution in [0.2, 0.25) is 0 Å². The van der Waals surface area contributed by atoms with Gasteiger partial charge in [0.15, 0.2) is 0 Å². The Morgan fingerprint density at radius 1 is 1.29 bits per heavy atom. The van der Waals surface area contributed by atoms with E-state index < -0.39 is 0 Å². The lowest BCUT2D eigenvalue weighted by atomic mass is 9.95. The fourth-order valence-corrected chi connectivity index (χ4v) is 3.47. The van der Waals surface area contributed by atoms with Gasteiger partial charge in [-0.1, -0.05) is 0 Å². The van der Waals surface area contributed by atoms with Gasteiger partial charge in [-0.05, 0) is 39.7 Å². The first-order chi connectivity index (χ1) is 11.6. The first kappa shape index (κ1) is 16.7. The quantitative estimate of drug-likeness (QED) is 0.840.